The van der Waals surface area contributed by atoms with Crippen LogP contribution in [-0.4, -0.2) is 52.7 Å². The molecule has 2 heterocycles. The van der Waals surface area contributed by atoms with E-state index < -0.39 is 70.5 Å². The third kappa shape index (κ3) is 4.13. The fourth-order valence-electron chi connectivity index (χ4n) is 4.22. The number of carbonyl (C=O) groups is 3. The van der Waals surface area contributed by atoms with E-state index in [1.54, 1.807) is 0 Å². The molecule has 0 radical (unpaired) electrons. The van der Waals surface area contributed by atoms with Gasteiger partial charge in [-0.25, -0.2) is 28.3 Å². The number of hydrogen-bond acceptors (Lipinski definition) is 4. The fraction of sp³-hybridized carbons (Fsp3) is 0.333. The van der Waals surface area contributed by atoms with Gasteiger partial charge in [-0.05, 0) is 43.0 Å². The number of rotatable bonds is 3. The summed E-state index contributed by atoms with van der Waals surface area (Å²) in [7, 11) is 1.07. The molecule has 1 atom stereocenters. The number of likely N-dealkylation sites (N-methyl/N-ethyl adjacent to an activating group) is 1. The molecule has 1 aliphatic heterocycles. The summed E-state index contributed by atoms with van der Waals surface area (Å²) in [6, 6.07) is -0.674. The smallest absolute Gasteiger partial charge is 0.416 e. The molecule has 1 aliphatic carbocycles. The summed E-state index contributed by atoms with van der Waals surface area (Å²) in [6.45, 7) is -0.756. The minimum atomic E-state index is -4.79. The number of alkyl halides is 3. The molecule has 1 unspecified atom stereocenters. The SMILES string of the molecule is CN(C(=O)C1CN(C(=O)O)C(=O)N1c1cc(C(F)(F)F)c2c(n1)CCC2)c1ccc(F)c(Cl)c1F. The Balaban J connectivity index is 1.80. The lowest BCUT2D eigenvalue weighted by Gasteiger charge is -2.27. The minimum absolute atomic E-state index is 0.0222. The summed E-state index contributed by atoms with van der Waals surface area (Å²) in [5.74, 6) is -4.00. The number of anilines is 2. The number of aryl methyl sites for hydroxylation is 1. The van der Waals surface area contributed by atoms with Gasteiger partial charge in [0.15, 0.2) is 5.82 Å². The highest BCUT2D eigenvalue weighted by Crippen LogP contribution is 2.40. The first-order valence-electron chi connectivity index (χ1n) is 10.2. The Morgan fingerprint density at radius 2 is 1.91 bits per heavy atom. The summed E-state index contributed by atoms with van der Waals surface area (Å²) < 4.78 is 69.3. The Kier molecular flexibility index (Phi) is 6.07. The second-order valence-electron chi connectivity index (χ2n) is 7.96. The van der Waals surface area contributed by atoms with Gasteiger partial charge in [-0.1, -0.05) is 11.6 Å². The van der Waals surface area contributed by atoms with Crippen LogP contribution in [0.5, 0.6) is 0 Å². The summed E-state index contributed by atoms with van der Waals surface area (Å²) >= 11 is 5.56. The van der Waals surface area contributed by atoms with E-state index in [1.165, 1.54) is 0 Å². The van der Waals surface area contributed by atoms with Gasteiger partial charge in [-0.15, -0.1) is 0 Å². The highest BCUT2D eigenvalue weighted by atomic mass is 35.5. The van der Waals surface area contributed by atoms with Crippen molar-refractivity contribution < 1.29 is 41.4 Å². The first-order chi connectivity index (χ1) is 16.3. The van der Waals surface area contributed by atoms with Crippen LogP contribution in [0.1, 0.15) is 23.2 Å². The van der Waals surface area contributed by atoms with Crippen molar-refractivity contribution in [3.05, 3.63) is 51.7 Å². The summed E-state index contributed by atoms with van der Waals surface area (Å²) in [5.41, 5.74) is -1.45. The molecule has 186 valence electrons. The van der Waals surface area contributed by atoms with E-state index in [9.17, 15) is 41.4 Å². The number of urea groups is 1. The van der Waals surface area contributed by atoms with Gasteiger partial charge in [0.2, 0.25) is 0 Å². The second-order valence-corrected chi connectivity index (χ2v) is 8.34. The number of carboxylic acid groups (broad SMARTS) is 1. The molecular formula is C21H16ClF5N4O4. The van der Waals surface area contributed by atoms with Gasteiger partial charge < -0.3 is 10.0 Å². The lowest BCUT2D eigenvalue weighted by atomic mass is 10.1. The number of aromatic nitrogens is 1. The molecule has 14 heteroatoms. The van der Waals surface area contributed by atoms with Gasteiger partial charge >= 0.3 is 18.3 Å². The van der Waals surface area contributed by atoms with Gasteiger partial charge in [0.1, 0.15) is 22.7 Å². The minimum Gasteiger partial charge on any atom is -0.465 e. The zero-order chi connectivity index (χ0) is 25.8. The Morgan fingerprint density at radius 1 is 1.23 bits per heavy atom. The Labute approximate surface area is 199 Å². The number of pyridine rings is 1. The Bertz CT molecular complexity index is 1260. The summed E-state index contributed by atoms with van der Waals surface area (Å²) in [5, 5.41) is 8.49. The molecule has 4 amide bonds. The van der Waals surface area contributed by atoms with E-state index in [1.807, 2.05) is 0 Å². The highest BCUT2D eigenvalue weighted by Gasteiger charge is 2.48. The zero-order valence-electron chi connectivity index (χ0n) is 17.9. The third-order valence-corrected chi connectivity index (χ3v) is 6.26. The van der Waals surface area contributed by atoms with Gasteiger partial charge in [0.25, 0.3) is 5.91 Å². The zero-order valence-corrected chi connectivity index (χ0v) is 18.6. The maximum Gasteiger partial charge on any atom is 0.416 e. The molecule has 2 aromatic rings. The normalized spacial score (nSPS) is 17.7. The van der Waals surface area contributed by atoms with E-state index in [-0.39, 0.29) is 29.0 Å². The van der Waals surface area contributed by atoms with E-state index >= 15 is 0 Å². The van der Waals surface area contributed by atoms with E-state index in [2.05, 4.69) is 4.98 Å². The molecule has 1 aromatic heterocycles. The maximum atomic E-state index is 14.5. The van der Waals surface area contributed by atoms with Crippen LogP contribution in [0.2, 0.25) is 5.02 Å². The molecule has 0 bridgehead atoms. The third-order valence-electron chi connectivity index (χ3n) is 5.92. The molecule has 0 saturated carbocycles. The van der Waals surface area contributed by atoms with Crippen molar-refractivity contribution >= 4 is 41.1 Å². The van der Waals surface area contributed by atoms with Gasteiger partial charge in [-0.2, -0.15) is 13.2 Å². The first kappa shape index (κ1) is 24.6. The molecule has 8 nitrogen and oxygen atoms in total. The number of carbonyl (C=O) groups excluding carboxylic acids is 2. The summed E-state index contributed by atoms with van der Waals surface area (Å²) in [4.78, 5) is 43.3. The van der Waals surface area contributed by atoms with Crippen LogP contribution < -0.4 is 9.80 Å². The second kappa shape index (κ2) is 8.63. The molecule has 0 spiro atoms. The molecule has 4 rings (SSSR count). The maximum absolute atomic E-state index is 14.5. The monoisotopic (exact) mass is 518 g/mol. The van der Waals surface area contributed by atoms with E-state index in [0.29, 0.717) is 22.3 Å². The van der Waals surface area contributed by atoms with Crippen molar-refractivity contribution in [3.8, 4) is 0 Å². The van der Waals surface area contributed by atoms with Gasteiger partial charge in [0, 0.05) is 12.7 Å². The van der Waals surface area contributed by atoms with Crippen LogP contribution in [0.25, 0.3) is 0 Å². The van der Waals surface area contributed by atoms with Crippen LogP contribution >= 0.6 is 11.6 Å². The van der Waals surface area contributed by atoms with Crippen LogP contribution in [0.3, 0.4) is 0 Å². The van der Waals surface area contributed by atoms with Gasteiger partial charge in [-0.3, -0.25) is 9.69 Å². The molecule has 1 saturated heterocycles. The Morgan fingerprint density at radius 3 is 2.54 bits per heavy atom. The molecule has 2 aliphatic rings. The largest absolute Gasteiger partial charge is 0.465 e. The Hall–Kier alpha value is -3.48. The standard InChI is InChI=1S/C21H16ClF5N4O4/c1-29(13-6-5-11(23)16(22)17(13)24)18(32)14-8-30(20(34)35)19(33)31(14)15-7-10(21(25,26)27)9-3-2-4-12(9)28-15/h5-7,14H,2-4,8H2,1H3,(H,34,35). The first-order valence-corrected chi connectivity index (χ1v) is 10.6. The fourth-order valence-corrected chi connectivity index (χ4v) is 4.38. The van der Waals surface area contributed by atoms with Crippen LogP contribution in [0, 0.1) is 11.6 Å². The number of fused-ring (bicyclic) bond motifs is 1. The lowest BCUT2D eigenvalue weighted by molar-refractivity contribution is -0.138. The van der Waals surface area contributed by atoms with Crippen molar-refractivity contribution in [1.29, 1.82) is 0 Å². The molecule has 1 N–H and O–H groups in total. The predicted molar refractivity (Wildman–Crippen MR) is 112 cm³/mol. The number of amides is 4. The van der Waals surface area contributed by atoms with Crippen LogP contribution in [-0.2, 0) is 23.8 Å². The van der Waals surface area contributed by atoms with Gasteiger partial charge in [0.05, 0.1) is 17.8 Å². The molecule has 35 heavy (non-hydrogen) atoms. The lowest BCUT2D eigenvalue weighted by Crippen LogP contribution is -2.47. The number of nitrogens with zero attached hydrogens (tertiary/aromatic N) is 4. The number of imide groups is 1. The predicted octanol–water partition coefficient (Wildman–Crippen LogP) is 4.47. The molecule has 1 aromatic carbocycles. The highest BCUT2D eigenvalue weighted by molar-refractivity contribution is 6.31. The van der Waals surface area contributed by atoms with Crippen molar-refractivity contribution in [2.75, 3.05) is 23.4 Å². The van der Waals surface area contributed by atoms with Crippen molar-refractivity contribution in [3.63, 3.8) is 0 Å². The van der Waals surface area contributed by atoms with Crippen molar-refractivity contribution in [2.24, 2.45) is 0 Å². The van der Waals surface area contributed by atoms with Crippen molar-refractivity contribution in [2.45, 2.75) is 31.5 Å². The number of hydrogen-bond donors (Lipinski definition) is 1. The molecule has 1 fully saturated rings. The van der Waals surface area contributed by atoms with E-state index in [0.717, 1.165) is 19.2 Å². The van der Waals surface area contributed by atoms with Crippen molar-refractivity contribution in [1.82, 2.24) is 9.88 Å². The average Bonchev–Trinajstić information content (AvgIpc) is 3.39. The topological polar surface area (TPSA) is 94.1 Å². The summed E-state index contributed by atoms with van der Waals surface area (Å²) in [6.07, 6.45) is -5.80. The van der Waals surface area contributed by atoms with Crippen LogP contribution in [0.15, 0.2) is 18.2 Å². The molecular weight excluding hydrogens is 503 g/mol. The van der Waals surface area contributed by atoms with Crippen LogP contribution in [0.4, 0.5) is 43.0 Å². The quantitative estimate of drug-likeness (QED) is 0.478. The number of halogens is 6. The number of benzene rings is 1. The van der Waals surface area contributed by atoms with E-state index in [4.69, 9.17) is 11.6 Å². The average molecular weight is 519 g/mol.